The van der Waals surface area contributed by atoms with Crippen LogP contribution >= 0.6 is 63.7 Å². The lowest BCUT2D eigenvalue weighted by Crippen LogP contribution is -2.20. The van der Waals surface area contributed by atoms with Gasteiger partial charge in [-0.3, -0.25) is 0 Å². The van der Waals surface area contributed by atoms with E-state index in [0.717, 1.165) is 29.0 Å². The molecule has 0 aromatic heterocycles. The molecule has 0 aliphatic heterocycles. The smallest absolute Gasteiger partial charge is 0.333 e. The minimum atomic E-state index is -0.432. The third-order valence-corrected chi connectivity index (χ3v) is 8.36. The lowest BCUT2D eigenvalue weighted by molar-refractivity contribution is -0.141. The quantitative estimate of drug-likeness (QED) is 0.0846. The summed E-state index contributed by atoms with van der Waals surface area (Å²) in [7, 11) is 0. The standard InChI is InChI=1S/C31H36Br4O8/c1-19(2)29(36)42-13-9-38-7-11-40-27-23(32)15-21(16-24(27)33)31(5,6)22-17-25(34)28(26(35)18-22)41-12-8-39-10-14-43-30(37)20(3)4/h15-18H,1,3,7-14H2,2,4-6H3. The Balaban J connectivity index is 1.94. The molecule has 0 saturated heterocycles. The summed E-state index contributed by atoms with van der Waals surface area (Å²) in [5.41, 5.74) is 2.45. The summed E-state index contributed by atoms with van der Waals surface area (Å²) in [6.45, 7) is 16.7. The number of hydrogen-bond acceptors (Lipinski definition) is 8. The van der Waals surface area contributed by atoms with Crippen molar-refractivity contribution < 1.29 is 38.0 Å². The van der Waals surface area contributed by atoms with Crippen LogP contribution in [-0.2, 0) is 34.0 Å². The van der Waals surface area contributed by atoms with E-state index >= 15 is 0 Å². The first-order valence-electron chi connectivity index (χ1n) is 13.3. The van der Waals surface area contributed by atoms with Gasteiger partial charge < -0.3 is 28.4 Å². The zero-order valence-electron chi connectivity index (χ0n) is 24.7. The third kappa shape index (κ3) is 12.0. The van der Waals surface area contributed by atoms with Gasteiger partial charge in [0.2, 0.25) is 0 Å². The molecule has 0 fully saturated rings. The Morgan fingerprint density at radius 2 is 0.907 bits per heavy atom. The van der Waals surface area contributed by atoms with Gasteiger partial charge in [0.15, 0.2) is 0 Å². The van der Waals surface area contributed by atoms with Crippen LogP contribution in [-0.4, -0.2) is 64.8 Å². The fraction of sp³-hybridized carbons (Fsp3) is 0.419. The highest BCUT2D eigenvalue weighted by Crippen LogP contribution is 2.44. The van der Waals surface area contributed by atoms with Gasteiger partial charge in [-0.2, -0.15) is 0 Å². The third-order valence-electron chi connectivity index (χ3n) is 6.01. The Kier molecular flexibility index (Phi) is 16.0. The molecule has 0 N–H and O–H groups in total. The van der Waals surface area contributed by atoms with Crippen LogP contribution < -0.4 is 9.47 Å². The number of esters is 2. The summed E-state index contributed by atoms with van der Waals surface area (Å²) in [5.74, 6) is 0.469. The molecule has 2 aromatic rings. The summed E-state index contributed by atoms with van der Waals surface area (Å²) in [4.78, 5) is 22.8. The number of ether oxygens (including phenoxy) is 6. The SMILES string of the molecule is C=C(C)C(=O)OCCOCCOc1c(Br)cc(C(C)(C)c2cc(Br)c(OCCOCCOC(=O)C(=C)C)c(Br)c2)cc1Br. The first-order chi connectivity index (χ1) is 20.2. The van der Waals surface area contributed by atoms with Gasteiger partial charge in [0.25, 0.3) is 0 Å². The van der Waals surface area contributed by atoms with Crippen molar-refractivity contribution in [3.8, 4) is 11.5 Å². The zero-order valence-corrected chi connectivity index (χ0v) is 31.0. The average molecular weight is 856 g/mol. The fourth-order valence-corrected chi connectivity index (χ4v) is 6.36. The van der Waals surface area contributed by atoms with Crippen LogP contribution in [0.5, 0.6) is 11.5 Å². The van der Waals surface area contributed by atoms with Crippen molar-refractivity contribution in [2.75, 3.05) is 52.9 Å². The maximum atomic E-state index is 11.4. The van der Waals surface area contributed by atoms with E-state index in [9.17, 15) is 9.59 Å². The Labute approximate surface area is 287 Å². The molecule has 43 heavy (non-hydrogen) atoms. The van der Waals surface area contributed by atoms with Crippen molar-refractivity contribution in [3.05, 3.63) is 77.6 Å². The van der Waals surface area contributed by atoms with E-state index in [-0.39, 0.29) is 31.8 Å². The Bertz CT molecular complexity index is 1170. The maximum Gasteiger partial charge on any atom is 0.333 e. The maximum absolute atomic E-state index is 11.4. The lowest BCUT2D eigenvalue weighted by Gasteiger charge is -2.28. The van der Waals surface area contributed by atoms with E-state index in [0.29, 0.717) is 49.1 Å². The molecule has 0 atom stereocenters. The van der Waals surface area contributed by atoms with E-state index in [4.69, 9.17) is 28.4 Å². The molecule has 2 rings (SSSR count). The second kappa shape index (κ2) is 18.3. The molecule has 8 nitrogen and oxygen atoms in total. The molecule has 0 aliphatic rings. The van der Waals surface area contributed by atoms with Gasteiger partial charge in [0, 0.05) is 16.6 Å². The largest absolute Gasteiger partial charge is 0.489 e. The van der Waals surface area contributed by atoms with Gasteiger partial charge in [-0.1, -0.05) is 27.0 Å². The summed E-state index contributed by atoms with van der Waals surface area (Å²) in [5, 5.41) is 0. The molecular weight excluding hydrogens is 820 g/mol. The van der Waals surface area contributed by atoms with Crippen molar-refractivity contribution in [3.63, 3.8) is 0 Å². The van der Waals surface area contributed by atoms with E-state index in [1.54, 1.807) is 13.8 Å². The Morgan fingerprint density at radius 3 is 1.21 bits per heavy atom. The van der Waals surface area contributed by atoms with E-state index in [1.165, 1.54) is 0 Å². The number of halogens is 4. The minimum absolute atomic E-state index is 0.160. The van der Waals surface area contributed by atoms with Gasteiger partial charge in [-0.25, -0.2) is 9.59 Å². The van der Waals surface area contributed by atoms with Crippen LogP contribution in [0.3, 0.4) is 0 Å². The predicted molar refractivity (Wildman–Crippen MR) is 180 cm³/mol. The van der Waals surface area contributed by atoms with Crippen molar-refractivity contribution in [1.29, 1.82) is 0 Å². The van der Waals surface area contributed by atoms with Crippen molar-refractivity contribution >= 4 is 75.7 Å². The van der Waals surface area contributed by atoms with Gasteiger partial charge in [-0.15, -0.1) is 0 Å². The van der Waals surface area contributed by atoms with Crippen LogP contribution in [0.2, 0.25) is 0 Å². The molecule has 0 heterocycles. The monoisotopic (exact) mass is 852 g/mol. The molecule has 0 aliphatic carbocycles. The molecule has 0 saturated carbocycles. The molecule has 0 unspecified atom stereocenters. The normalized spacial score (nSPS) is 11.2. The van der Waals surface area contributed by atoms with Gasteiger partial charge >= 0.3 is 11.9 Å². The first-order valence-corrected chi connectivity index (χ1v) is 16.5. The number of hydrogen-bond donors (Lipinski definition) is 0. The van der Waals surface area contributed by atoms with Gasteiger partial charge in [-0.05, 0) is 113 Å². The highest BCUT2D eigenvalue weighted by atomic mass is 79.9. The van der Waals surface area contributed by atoms with Gasteiger partial charge in [0.1, 0.15) is 37.9 Å². The molecule has 2 aromatic carbocycles. The van der Waals surface area contributed by atoms with Crippen molar-refractivity contribution in [1.82, 2.24) is 0 Å². The summed E-state index contributed by atoms with van der Waals surface area (Å²) >= 11 is 14.6. The zero-order chi connectivity index (χ0) is 32.2. The summed E-state index contributed by atoms with van der Waals surface area (Å²) < 4.78 is 36.1. The molecule has 0 amide bonds. The van der Waals surface area contributed by atoms with E-state index in [1.807, 2.05) is 24.3 Å². The number of benzene rings is 2. The molecule has 236 valence electrons. The predicted octanol–water partition coefficient (Wildman–Crippen LogP) is 8.09. The highest BCUT2D eigenvalue weighted by Gasteiger charge is 2.27. The average Bonchev–Trinajstić information content (AvgIpc) is 2.93. The molecular formula is C31H36Br4O8. The lowest BCUT2D eigenvalue weighted by atomic mass is 9.78. The van der Waals surface area contributed by atoms with Crippen LogP contribution in [0.1, 0.15) is 38.8 Å². The fourth-order valence-electron chi connectivity index (χ4n) is 3.53. The Morgan fingerprint density at radius 1 is 0.605 bits per heavy atom. The second-order valence-electron chi connectivity index (χ2n) is 9.92. The van der Waals surface area contributed by atoms with Crippen molar-refractivity contribution in [2.24, 2.45) is 0 Å². The molecule has 0 radical (unpaired) electrons. The first kappa shape index (κ1) is 37.5. The summed E-state index contributed by atoms with van der Waals surface area (Å²) in [6.07, 6.45) is 0. The topological polar surface area (TPSA) is 89.5 Å². The molecule has 12 heteroatoms. The summed E-state index contributed by atoms with van der Waals surface area (Å²) in [6, 6.07) is 8.15. The van der Waals surface area contributed by atoms with Crippen LogP contribution in [0, 0.1) is 0 Å². The minimum Gasteiger partial charge on any atom is -0.489 e. The Hall–Kier alpha value is -1.70. The van der Waals surface area contributed by atoms with E-state index < -0.39 is 11.9 Å². The number of rotatable bonds is 18. The second-order valence-corrected chi connectivity index (χ2v) is 13.3. The van der Waals surface area contributed by atoms with Crippen LogP contribution in [0.15, 0.2) is 66.5 Å². The highest BCUT2D eigenvalue weighted by molar-refractivity contribution is 9.11. The van der Waals surface area contributed by atoms with Crippen LogP contribution in [0.25, 0.3) is 0 Å². The van der Waals surface area contributed by atoms with Crippen LogP contribution in [0.4, 0.5) is 0 Å². The van der Waals surface area contributed by atoms with Crippen molar-refractivity contribution in [2.45, 2.75) is 33.1 Å². The molecule has 0 spiro atoms. The number of carbonyl (C=O) groups is 2. The van der Waals surface area contributed by atoms with E-state index in [2.05, 4.69) is 90.7 Å². The number of carbonyl (C=O) groups excluding carboxylic acids is 2. The van der Waals surface area contributed by atoms with Gasteiger partial charge in [0.05, 0.1) is 44.3 Å². The molecule has 0 bridgehead atoms.